The Morgan fingerprint density at radius 2 is 1.96 bits per heavy atom. The van der Waals surface area contributed by atoms with Gasteiger partial charge in [0.25, 0.3) is 5.91 Å². The van der Waals surface area contributed by atoms with Crippen LogP contribution in [0, 0.1) is 11.8 Å². The first kappa shape index (κ1) is 15.0. The van der Waals surface area contributed by atoms with Gasteiger partial charge in [-0.2, -0.15) is 0 Å². The largest absolute Gasteiger partial charge is 0.451 e. The van der Waals surface area contributed by atoms with Gasteiger partial charge in [0.2, 0.25) is 0 Å². The molecular weight excluding hydrogens is 312 g/mol. The zero-order chi connectivity index (χ0) is 16.0. The smallest absolute Gasteiger partial charge is 0.287 e. The number of nitrogens with one attached hydrogen (secondary N) is 1. The van der Waals surface area contributed by atoms with Crippen LogP contribution in [0.1, 0.15) is 42.7 Å². The van der Waals surface area contributed by atoms with E-state index in [2.05, 4.69) is 5.32 Å². The molecule has 23 heavy (non-hydrogen) atoms. The number of rotatable bonds is 2. The van der Waals surface area contributed by atoms with E-state index in [1.54, 1.807) is 18.2 Å². The van der Waals surface area contributed by atoms with E-state index in [4.69, 9.17) is 21.8 Å². The SMILES string of the molecule is NC1CC2CCCC(C1)C2NC(=O)c1cc2cc(Cl)ccc2o1. The highest BCUT2D eigenvalue weighted by molar-refractivity contribution is 6.31. The van der Waals surface area contributed by atoms with E-state index in [0.29, 0.717) is 28.2 Å². The van der Waals surface area contributed by atoms with Crippen LogP contribution in [0.2, 0.25) is 5.02 Å². The number of benzene rings is 1. The number of nitrogens with two attached hydrogens (primary N) is 1. The Kier molecular flexibility index (Phi) is 3.82. The molecular formula is C18H21ClN2O2. The summed E-state index contributed by atoms with van der Waals surface area (Å²) < 4.78 is 5.67. The first-order valence-electron chi connectivity index (χ1n) is 8.35. The summed E-state index contributed by atoms with van der Waals surface area (Å²) >= 11 is 5.99. The molecule has 4 rings (SSSR count). The van der Waals surface area contributed by atoms with Crippen LogP contribution in [0.3, 0.4) is 0 Å². The second-order valence-corrected chi connectivity index (χ2v) is 7.41. The van der Waals surface area contributed by atoms with E-state index in [-0.39, 0.29) is 18.0 Å². The van der Waals surface area contributed by atoms with Crippen LogP contribution in [-0.4, -0.2) is 18.0 Å². The minimum Gasteiger partial charge on any atom is -0.451 e. The molecule has 2 aliphatic rings. The van der Waals surface area contributed by atoms with Gasteiger partial charge in [0.05, 0.1) is 0 Å². The first-order chi connectivity index (χ1) is 11.1. The maximum Gasteiger partial charge on any atom is 0.287 e. The lowest BCUT2D eigenvalue weighted by molar-refractivity contribution is 0.0734. The van der Waals surface area contributed by atoms with Crippen molar-refractivity contribution in [3.05, 3.63) is 35.0 Å². The number of carbonyl (C=O) groups excluding carboxylic acids is 1. The minimum absolute atomic E-state index is 0.130. The summed E-state index contributed by atoms with van der Waals surface area (Å²) in [5.74, 6) is 1.23. The standard InChI is InChI=1S/C18H21ClN2O2/c19-13-4-5-15-12(6-13)9-16(23-15)18(22)21-17-10-2-1-3-11(17)8-14(20)7-10/h4-6,9-11,14,17H,1-3,7-8,20H2,(H,21,22). The van der Waals surface area contributed by atoms with E-state index in [1.165, 1.54) is 6.42 Å². The average Bonchev–Trinajstić information content (AvgIpc) is 2.91. The van der Waals surface area contributed by atoms with Crippen LogP contribution < -0.4 is 11.1 Å². The normalized spacial score (nSPS) is 30.3. The van der Waals surface area contributed by atoms with Crippen molar-refractivity contribution in [1.82, 2.24) is 5.32 Å². The Balaban J connectivity index is 1.54. The van der Waals surface area contributed by atoms with E-state index in [0.717, 1.165) is 31.1 Å². The van der Waals surface area contributed by atoms with E-state index in [1.807, 2.05) is 6.07 Å². The third-order valence-corrected chi connectivity index (χ3v) is 5.61. The summed E-state index contributed by atoms with van der Waals surface area (Å²) in [4.78, 5) is 12.6. The molecule has 2 unspecified atom stereocenters. The quantitative estimate of drug-likeness (QED) is 0.880. The summed E-state index contributed by atoms with van der Waals surface area (Å²) in [6.07, 6.45) is 5.59. The molecule has 1 aromatic heterocycles. The number of amides is 1. The summed E-state index contributed by atoms with van der Waals surface area (Å²) in [5, 5.41) is 4.71. The Bertz CT molecular complexity index is 728. The molecule has 4 nitrogen and oxygen atoms in total. The molecule has 0 spiro atoms. The predicted octanol–water partition coefficient (Wildman–Crippen LogP) is 3.72. The summed E-state index contributed by atoms with van der Waals surface area (Å²) in [6.45, 7) is 0. The number of carbonyl (C=O) groups is 1. The Hall–Kier alpha value is -1.52. The molecule has 1 amide bonds. The molecule has 2 atom stereocenters. The summed E-state index contributed by atoms with van der Waals surface area (Å²) in [6, 6.07) is 7.65. The van der Waals surface area contributed by atoms with Gasteiger partial charge in [0, 0.05) is 22.5 Å². The van der Waals surface area contributed by atoms with Crippen molar-refractivity contribution in [2.45, 2.75) is 44.2 Å². The molecule has 3 N–H and O–H groups in total. The van der Waals surface area contributed by atoms with Crippen LogP contribution in [0.5, 0.6) is 0 Å². The number of halogens is 1. The van der Waals surface area contributed by atoms with Gasteiger partial charge < -0.3 is 15.5 Å². The summed E-state index contributed by atoms with van der Waals surface area (Å²) in [5.41, 5.74) is 6.84. The molecule has 0 radical (unpaired) electrons. The molecule has 0 saturated heterocycles. The lowest BCUT2D eigenvalue weighted by Gasteiger charge is -2.45. The number of furan rings is 1. The molecule has 0 aliphatic heterocycles. The van der Waals surface area contributed by atoms with Gasteiger partial charge >= 0.3 is 0 Å². The van der Waals surface area contributed by atoms with Crippen LogP contribution in [-0.2, 0) is 0 Å². The third kappa shape index (κ3) is 2.86. The van der Waals surface area contributed by atoms with Gasteiger partial charge in [-0.25, -0.2) is 0 Å². The van der Waals surface area contributed by atoms with Gasteiger partial charge in [-0.1, -0.05) is 18.0 Å². The van der Waals surface area contributed by atoms with Crippen LogP contribution >= 0.6 is 11.6 Å². The highest BCUT2D eigenvalue weighted by Gasteiger charge is 2.40. The van der Waals surface area contributed by atoms with Crippen molar-refractivity contribution in [2.75, 3.05) is 0 Å². The topological polar surface area (TPSA) is 68.3 Å². The minimum atomic E-state index is -0.130. The predicted molar refractivity (Wildman–Crippen MR) is 90.5 cm³/mol. The summed E-state index contributed by atoms with van der Waals surface area (Å²) in [7, 11) is 0. The van der Waals surface area contributed by atoms with Gasteiger partial charge in [-0.15, -0.1) is 0 Å². The molecule has 2 fully saturated rings. The zero-order valence-corrected chi connectivity index (χ0v) is 13.7. The number of hydrogen-bond acceptors (Lipinski definition) is 3. The van der Waals surface area contributed by atoms with Crippen LogP contribution in [0.15, 0.2) is 28.7 Å². The van der Waals surface area contributed by atoms with E-state index < -0.39 is 0 Å². The van der Waals surface area contributed by atoms with Crippen molar-refractivity contribution >= 4 is 28.5 Å². The number of fused-ring (bicyclic) bond motifs is 3. The molecule has 5 heteroatoms. The van der Waals surface area contributed by atoms with Crippen LogP contribution in [0.25, 0.3) is 11.0 Å². The van der Waals surface area contributed by atoms with Crippen LogP contribution in [0.4, 0.5) is 0 Å². The van der Waals surface area contributed by atoms with Gasteiger partial charge in [-0.3, -0.25) is 4.79 Å². The lowest BCUT2D eigenvalue weighted by Crippen LogP contribution is -2.53. The second-order valence-electron chi connectivity index (χ2n) is 6.97. The van der Waals surface area contributed by atoms with Crippen molar-refractivity contribution in [3.63, 3.8) is 0 Å². The molecule has 2 aliphatic carbocycles. The lowest BCUT2D eigenvalue weighted by atomic mass is 9.67. The highest BCUT2D eigenvalue weighted by Crippen LogP contribution is 2.39. The van der Waals surface area contributed by atoms with Crippen molar-refractivity contribution < 1.29 is 9.21 Å². The molecule has 2 bridgehead atoms. The molecule has 122 valence electrons. The first-order valence-corrected chi connectivity index (χ1v) is 8.73. The monoisotopic (exact) mass is 332 g/mol. The fraction of sp³-hybridized carbons (Fsp3) is 0.500. The molecule has 1 aromatic carbocycles. The number of hydrogen-bond donors (Lipinski definition) is 2. The second kappa shape index (κ2) is 5.84. The Labute approximate surface area is 140 Å². The van der Waals surface area contributed by atoms with Crippen molar-refractivity contribution in [3.8, 4) is 0 Å². The molecule has 1 heterocycles. The Morgan fingerprint density at radius 3 is 2.70 bits per heavy atom. The van der Waals surface area contributed by atoms with E-state index >= 15 is 0 Å². The fourth-order valence-corrected chi connectivity index (χ4v) is 4.55. The van der Waals surface area contributed by atoms with E-state index in [9.17, 15) is 4.79 Å². The van der Waals surface area contributed by atoms with Crippen molar-refractivity contribution in [1.29, 1.82) is 0 Å². The highest BCUT2D eigenvalue weighted by atomic mass is 35.5. The average molecular weight is 333 g/mol. The molecule has 2 saturated carbocycles. The van der Waals surface area contributed by atoms with Gasteiger partial charge in [-0.05, 0) is 61.8 Å². The van der Waals surface area contributed by atoms with Gasteiger partial charge in [0.1, 0.15) is 5.58 Å². The maximum absolute atomic E-state index is 12.6. The zero-order valence-electron chi connectivity index (χ0n) is 12.9. The molecule has 2 aromatic rings. The third-order valence-electron chi connectivity index (χ3n) is 5.38. The van der Waals surface area contributed by atoms with Crippen molar-refractivity contribution in [2.24, 2.45) is 17.6 Å². The fourth-order valence-electron chi connectivity index (χ4n) is 4.37. The maximum atomic E-state index is 12.6. The van der Waals surface area contributed by atoms with Gasteiger partial charge in [0.15, 0.2) is 5.76 Å². The Morgan fingerprint density at radius 1 is 1.22 bits per heavy atom.